The highest BCUT2D eigenvalue weighted by atomic mass is 32.1. The van der Waals surface area contributed by atoms with Crippen LogP contribution in [0.25, 0.3) is 0 Å². The first-order valence-electron chi connectivity index (χ1n) is 9.74. The Morgan fingerprint density at radius 3 is 2.93 bits per heavy atom. The van der Waals surface area contributed by atoms with Crippen LogP contribution >= 0.6 is 11.3 Å². The highest BCUT2D eigenvalue weighted by Gasteiger charge is 2.28. The van der Waals surface area contributed by atoms with Gasteiger partial charge in [0.2, 0.25) is 5.91 Å². The SMILES string of the molecule is CCC#CCC(C)[C@H](O)C=C[C@H]1CCC(=O)N1CC#Cc1ccc(C(=O)OC)s1. The van der Waals surface area contributed by atoms with Crippen molar-refractivity contribution >= 4 is 23.2 Å². The summed E-state index contributed by atoms with van der Waals surface area (Å²) in [5.74, 6) is 11.8. The standard InChI is InChI=1S/C23H27NO4S/c1-4-5-6-8-17(2)20(25)13-10-18-11-15-22(26)24(18)16-7-9-19-12-14-21(29-19)23(27)28-3/h10,12-14,17-18,20,25H,4,8,11,15-16H2,1-3H3/t17?,18-,20+/m0/s1. The van der Waals surface area contributed by atoms with Crippen molar-refractivity contribution in [3.8, 4) is 23.7 Å². The smallest absolute Gasteiger partial charge is 0.348 e. The maximum Gasteiger partial charge on any atom is 0.348 e. The number of aliphatic hydroxyl groups excluding tert-OH is 1. The van der Waals surface area contributed by atoms with Crippen LogP contribution in [0.5, 0.6) is 0 Å². The fraction of sp³-hybridized carbons (Fsp3) is 0.478. The molecule has 0 spiro atoms. The number of thiophene rings is 1. The summed E-state index contributed by atoms with van der Waals surface area (Å²) in [5, 5.41) is 10.3. The Hall–Kier alpha value is -2.54. The predicted molar refractivity (Wildman–Crippen MR) is 114 cm³/mol. The van der Waals surface area contributed by atoms with E-state index < -0.39 is 6.10 Å². The van der Waals surface area contributed by atoms with Crippen molar-refractivity contribution in [1.82, 2.24) is 4.90 Å². The molecule has 1 aromatic rings. The van der Waals surface area contributed by atoms with Gasteiger partial charge in [-0.2, -0.15) is 0 Å². The molecule has 3 atom stereocenters. The van der Waals surface area contributed by atoms with Crippen LogP contribution in [0.3, 0.4) is 0 Å². The quantitative estimate of drug-likeness (QED) is 0.442. The van der Waals surface area contributed by atoms with Gasteiger partial charge in [0.25, 0.3) is 0 Å². The second kappa shape index (κ2) is 11.5. The zero-order valence-electron chi connectivity index (χ0n) is 17.1. The van der Waals surface area contributed by atoms with Gasteiger partial charge in [-0.25, -0.2) is 4.79 Å². The number of hydrogen-bond acceptors (Lipinski definition) is 5. The van der Waals surface area contributed by atoms with E-state index >= 15 is 0 Å². The van der Waals surface area contributed by atoms with Crippen LogP contribution < -0.4 is 0 Å². The van der Waals surface area contributed by atoms with E-state index in [9.17, 15) is 14.7 Å². The molecule has 0 saturated carbocycles. The first kappa shape index (κ1) is 22.7. The molecule has 1 aliphatic rings. The number of carbonyl (C=O) groups excluding carboxylic acids is 2. The van der Waals surface area contributed by atoms with Crippen molar-refractivity contribution in [2.75, 3.05) is 13.7 Å². The van der Waals surface area contributed by atoms with Gasteiger partial charge in [-0.3, -0.25) is 4.79 Å². The fourth-order valence-corrected chi connectivity index (χ4v) is 3.70. The molecular formula is C23H27NO4S. The molecule has 1 unspecified atom stereocenters. The molecule has 0 radical (unpaired) electrons. The van der Waals surface area contributed by atoms with E-state index in [1.165, 1.54) is 18.4 Å². The van der Waals surface area contributed by atoms with Gasteiger partial charge in [0.1, 0.15) is 4.88 Å². The number of carbonyl (C=O) groups is 2. The molecule has 1 saturated heterocycles. The number of amides is 1. The number of ether oxygens (including phenoxy) is 1. The first-order chi connectivity index (χ1) is 14.0. The fourth-order valence-electron chi connectivity index (χ4n) is 2.90. The van der Waals surface area contributed by atoms with E-state index in [1.807, 2.05) is 19.9 Å². The van der Waals surface area contributed by atoms with E-state index in [4.69, 9.17) is 0 Å². The minimum atomic E-state index is -0.590. The summed E-state index contributed by atoms with van der Waals surface area (Å²) < 4.78 is 4.69. The van der Waals surface area contributed by atoms with Crippen molar-refractivity contribution in [2.24, 2.45) is 5.92 Å². The van der Waals surface area contributed by atoms with E-state index in [1.54, 1.807) is 23.1 Å². The van der Waals surface area contributed by atoms with Crippen molar-refractivity contribution in [3.05, 3.63) is 34.0 Å². The molecule has 2 heterocycles. The molecule has 154 valence electrons. The number of rotatable bonds is 6. The lowest BCUT2D eigenvalue weighted by molar-refractivity contribution is -0.127. The van der Waals surface area contributed by atoms with Gasteiger partial charge >= 0.3 is 5.97 Å². The van der Waals surface area contributed by atoms with E-state index in [2.05, 4.69) is 28.4 Å². The summed E-state index contributed by atoms with van der Waals surface area (Å²) in [5.41, 5.74) is 0. The second-order valence-corrected chi connectivity index (χ2v) is 7.93. The summed E-state index contributed by atoms with van der Waals surface area (Å²) in [4.78, 5) is 26.7. The Labute approximate surface area is 176 Å². The van der Waals surface area contributed by atoms with E-state index in [0.29, 0.717) is 24.3 Å². The Balaban J connectivity index is 1.95. The van der Waals surface area contributed by atoms with Crippen LogP contribution in [0.1, 0.15) is 54.1 Å². The lowest BCUT2D eigenvalue weighted by atomic mass is 10.00. The van der Waals surface area contributed by atoms with Gasteiger partial charge in [0.15, 0.2) is 0 Å². The molecule has 0 aliphatic carbocycles. The third-order valence-corrected chi connectivity index (χ3v) is 5.65. The maximum atomic E-state index is 12.2. The molecule has 2 rings (SSSR count). The normalized spacial score (nSPS) is 18.0. The largest absolute Gasteiger partial charge is 0.465 e. The first-order valence-corrected chi connectivity index (χ1v) is 10.6. The second-order valence-electron chi connectivity index (χ2n) is 6.85. The highest BCUT2D eigenvalue weighted by Crippen LogP contribution is 2.21. The number of hydrogen-bond donors (Lipinski definition) is 1. The van der Waals surface area contributed by atoms with Crippen LogP contribution in [-0.2, 0) is 9.53 Å². The molecule has 29 heavy (non-hydrogen) atoms. The minimum absolute atomic E-state index is 0.0403. The Morgan fingerprint density at radius 2 is 2.21 bits per heavy atom. The topological polar surface area (TPSA) is 66.8 Å². The van der Waals surface area contributed by atoms with E-state index in [0.717, 1.165) is 17.7 Å². The van der Waals surface area contributed by atoms with Crippen LogP contribution in [0, 0.1) is 29.6 Å². The van der Waals surface area contributed by atoms with Gasteiger partial charge in [-0.05, 0) is 24.5 Å². The van der Waals surface area contributed by atoms with Gasteiger partial charge in [0.05, 0.1) is 30.7 Å². The number of likely N-dealkylation sites (tertiary alicyclic amines) is 1. The average molecular weight is 414 g/mol. The summed E-state index contributed by atoms with van der Waals surface area (Å²) in [6.45, 7) is 4.28. The monoisotopic (exact) mass is 413 g/mol. The Kier molecular flexibility index (Phi) is 8.99. The molecule has 0 bridgehead atoms. The molecule has 1 aliphatic heterocycles. The average Bonchev–Trinajstić information content (AvgIpc) is 3.33. The number of nitrogens with zero attached hydrogens (tertiary/aromatic N) is 1. The van der Waals surface area contributed by atoms with Gasteiger partial charge in [0, 0.05) is 19.3 Å². The van der Waals surface area contributed by atoms with Crippen molar-refractivity contribution in [1.29, 1.82) is 0 Å². The number of aliphatic hydroxyl groups is 1. The molecule has 1 fully saturated rings. The number of esters is 1. The van der Waals surface area contributed by atoms with Crippen LogP contribution in [-0.4, -0.2) is 47.7 Å². The van der Waals surface area contributed by atoms with Gasteiger partial charge < -0.3 is 14.7 Å². The Morgan fingerprint density at radius 1 is 1.41 bits per heavy atom. The molecule has 0 aromatic carbocycles. The summed E-state index contributed by atoms with van der Waals surface area (Å²) >= 11 is 1.27. The molecular weight excluding hydrogens is 386 g/mol. The zero-order chi connectivity index (χ0) is 21.2. The van der Waals surface area contributed by atoms with Crippen molar-refractivity contribution < 1.29 is 19.4 Å². The lowest BCUT2D eigenvalue weighted by Gasteiger charge is -2.20. The molecule has 5 nitrogen and oxygen atoms in total. The molecule has 1 aromatic heterocycles. The maximum absolute atomic E-state index is 12.2. The van der Waals surface area contributed by atoms with Crippen LogP contribution in [0.4, 0.5) is 0 Å². The predicted octanol–water partition coefficient (Wildman–Crippen LogP) is 3.23. The summed E-state index contributed by atoms with van der Waals surface area (Å²) in [6.07, 6.45) is 5.74. The molecule has 1 amide bonds. The van der Waals surface area contributed by atoms with Crippen molar-refractivity contribution in [2.45, 2.75) is 51.7 Å². The summed E-state index contributed by atoms with van der Waals surface area (Å²) in [6, 6.07) is 3.39. The molecule has 6 heteroatoms. The third kappa shape index (κ3) is 6.78. The lowest BCUT2D eigenvalue weighted by Crippen LogP contribution is -2.32. The van der Waals surface area contributed by atoms with Crippen LogP contribution in [0.15, 0.2) is 24.3 Å². The Bertz CT molecular complexity index is 865. The zero-order valence-corrected chi connectivity index (χ0v) is 17.9. The highest BCUT2D eigenvalue weighted by molar-refractivity contribution is 7.14. The summed E-state index contributed by atoms with van der Waals surface area (Å²) in [7, 11) is 1.34. The minimum Gasteiger partial charge on any atom is -0.465 e. The van der Waals surface area contributed by atoms with Crippen molar-refractivity contribution in [3.63, 3.8) is 0 Å². The third-order valence-electron chi connectivity index (χ3n) is 4.67. The van der Waals surface area contributed by atoms with Gasteiger partial charge in [-0.15, -0.1) is 23.2 Å². The number of methoxy groups -OCH3 is 1. The molecule has 1 N–H and O–H groups in total. The van der Waals surface area contributed by atoms with Crippen LogP contribution in [0.2, 0.25) is 0 Å². The van der Waals surface area contributed by atoms with E-state index in [-0.39, 0.29) is 23.8 Å². The van der Waals surface area contributed by atoms with Gasteiger partial charge in [-0.1, -0.05) is 37.8 Å².